The van der Waals surface area contributed by atoms with Crippen molar-refractivity contribution < 1.29 is 0 Å². The summed E-state index contributed by atoms with van der Waals surface area (Å²) < 4.78 is 0. The monoisotopic (exact) mass is 258 g/mol. The molecule has 0 aliphatic heterocycles. The third kappa shape index (κ3) is 3.34. The standard InChI is InChI=1S/C15H18N2S/c1-11-5-3-4-6-13(11)10-18-14-7-8-15(12(2)16)17-9-14/h3-9,12H,10,16H2,1-2H3/t12-/m1/s1. The third-order valence-electron chi connectivity index (χ3n) is 2.88. The largest absolute Gasteiger partial charge is 0.323 e. The average molecular weight is 258 g/mol. The Hall–Kier alpha value is -1.32. The lowest BCUT2D eigenvalue weighted by Crippen LogP contribution is -2.06. The van der Waals surface area contributed by atoms with Crippen molar-refractivity contribution in [3.05, 3.63) is 59.4 Å². The van der Waals surface area contributed by atoms with Crippen LogP contribution in [0.2, 0.25) is 0 Å². The van der Waals surface area contributed by atoms with E-state index in [1.54, 1.807) is 11.8 Å². The summed E-state index contributed by atoms with van der Waals surface area (Å²) in [5.74, 6) is 0.978. The maximum absolute atomic E-state index is 5.78. The van der Waals surface area contributed by atoms with Gasteiger partial charge in [-0.3, -0.25) is 4.98 Å². The Labute approximate surface area is 113 Å². The van der Waals surface area contributed by atoms with Crippen LogP contribution in [-0.2, 0) is 5.75 Å². The van der Waals surface area contributed by atoms with E-state index in [9.17, 15) is 0 Å². The molecule has 94 valence electrons. The lowest BCUT2D eigenvalue weighted by Gasteiger charge is -2.07. The van der Waals surface area contributed by atoms with Crippen LogP contribution in [-0.4, -0.2) is 4.98 Å². The van der Waals surface area contributed by atoms with Crippen LogP contribution in [0.15, 0.2) is 47.5 Å². The molecule has 2 N–H and O–H groups in total. The molecular formula is C15H18N2S. The minimum absolute atomic E-state index is 0.000387. The number of aryl methyl sites for hydroxylation is 1. The summed E-state index contributed by atoms with van der Waals surface area (Å²) in [6.45, 7) is 4.09. The Morgan fingerprint density at radius 3 is 2.61 bits per heavy atom. The summed E-state index contributed by atoms with van der Waals surface area (Å²) in [5.41, 5.74) is 9.43. The molecule has 1 aromatic carbocycles. The molecule has 0 radical (unpaired) electrons. The number of thioether (sulfide) groups is 1. The highest BCUT2D eigenvalue weighted by Gasteiger charge is 2.02. The summed E-state index contributed by atoms with van der Waals surface area (Å²) >= 11 is 1.80. The molecule has 2 aromatic rings. The normalized spacial score (nSPS) is 12.4. The maximum atomic E-state index is 5.78. The van der Waals surface area contributed by atoms with Crippen molar-refractivity contribution in [2.24, 2.45) is 5.73 Å². The fraction of sp³-hybridized carbons (Fsp3) is 0.267. The Balaban J connectivity index is 2.00. The highest BCUT2D eigenvalue weighted by molar-refractivity contribution is 7.98. The molecule has 18 heavy (non-hydrogen) atoms. The number of nitrogens with zero attached hydrogens (tertiary/aromatic N) is 1. The van der Waals surface area contributed by atoms with Gasteiger partial charge in [0.2, 0.25) is 0 Å². The zero-order valence-corrected chi connectivity index (χ0v) is 11.6. The minimum Gasteiger partial charge on any atom is -0.323 e. The van der Waals surface area contributed by atoms with Crippen LogP contribution in [0.25, 0.3) is 0 Å². The topological polar surface area (TPSA) is 38.9 Å². The summed E-state index contributed by atoms with van der Waals surface area (Å²) in [6.07, 6.45) is 1.90. The van der Waals surface area contributed by atoms with E-state index in [4.69, 9.17) is 5.73 Å². The van der Waals surface area contributed by atoms with Crippen molar-refractivity contribution in [3.63, 3.8) is 0 Å². The van der Waals surface area contributed by atoms with Gasteiger partial charge in [0.25, 0.3) is 0 Å². The lowest BCUT2D eigenvalue weighted by molar-refractivity contribution is 0.777. The molecule has 0 aliphatic carbocycles. The van der Waals surface area contributed by atoms with Gasteiger partial charge in [-0.15, -0.1) is 11.8 Å². The van der Waals surface area contributed by atoms with Gasteiger partial charge in [0, 0.05) is 22.9 Å². The van der Waals surface area contributed by atoms with Crippen LogP contribution in [0.5, 0.6) is 0 Å². The van der Waals surface area contributed by atoms with Crippen LogP contribution in [0.4, 0.5) is 0 Å². The van der Waals surface area contributed by atoms with Gasteiger partial charge in [0.1, 0.15) is 0 Å². The number of nitrogens with two attached hydrogens (primary N) is 1. The second-order valence-corrected chi connectivity index (χ2v) is 5.47. The Bertz CT molecular complexity index is 506. The molecule has 2 rings (SSSR count). The van der Waals surface area contributed by atoms with Gasteiger partial charge in [0.15, 0.2) is 0 Å². The molecule has 0 aliphatic rings. The van der Waals surface area contributed by atoms with E-state index < -0.39 is 0 Å². The van der Waals surface area contributed by atoms with E-state index in [2.05, 4.69) is 42.2 Å². The first-order chi connectivity index (χ1) is 8.66. The molecular weight excluding hydrogens is 240 g/mol. The van der Waals surface area contributed by atoms with Gasteiger partial charge >= 0.3 is 0 Å². The van der Waals surface area contributed by atoms with Crippen molar-refractivity contribution in [2.75, 3.05) is 0 Å². The number of benzene rings is 1. The minimum atomic E-state index is 0.000387. The van der Waals surface area contributed by atoms with E-state index in [0.717, 1.165) is 11.4 Å². The molecule has 1 heterocycles. The SMILES string of the molecule is Cc1ccccc1CSc1ccc([C@@H](C)N)nc1. The smallest absolute Gasteiger partial charge is 0.0569 e. The molecule has 2 nitrogen and oxygen atoms in total. The fourth-order valence-corrected chi connectivity index (χ4v) is 2.62. The first kappa shape index (κ1) is 13.1. The molecule has 3 heteroatoms. The van der Waals surface area contributed by atoms with Gasteiger partial charge in [-0.2, -0.15) is 0 Å². The summed E-state index contributed by atoms with van der Waals surface area (Å²) in [4.78, 5) is 5.55. The van der Waals surface area contributed by atoms with Crippen LogP contribution in [0.1, 0.15) is 29.8 Å². The van der Waals surface area contributed by atoms with Gasteiger partial charge in [0.05, 0.1) is 5.69 Å². The molecule has 0 saturated heterocycles. The van der Waals surface area contributed by atoms with E-state index in [-0.39, 0.29) is 6.04 Å². The molecule has 0 unspecified atom stereocenters. The van der Waals surface area contributed by atoms with Crippen molar-refractivity contribution in [1.29, 1.82) is 0 Å². The fourth-order valence-electron chi connectivity index (χ4n) is 1.68. The first-order valence-electron chi connectivity index (χ1n) is 6.05. The summed E-state index contributed by atoms with van der Waals surface area (Å²) in [7, 11) is 0. The van der Waals surface area contributed by atoms with Crippen molar-refractivity contribution in [1.82, 2.24) is 4.98 Å². The third-order valence-corrected chi connectivity index (χ3v) is 3.91. The van der Waals surface area contributed by atoms with E-state index >= 15 is 0 Å². The van der Waals surface area contributed by atoms with Crippen LogP contribution in [0.3, 0.4) is 0 Å². The Morgan fingerprint density at radius 1 is 1.22 bits per heavy atom. The molecule has 1 atom stereocenters. The van der Waals surface area contributed by atoms with Gasteiger partial charge in [-0.25, -0.2) is 0 Å². The number of aromatic nitrogens is 1. The van der Waals surface area contributed by atoms with Crippen LogP contribution < -0.4 is 5.73 Å². The second kappa shape index (κ2) is 6.03. The highest BCUT2D eigenvalue weighted by atomic mass is 32.2. The van der Waals surface area contributed by atoms with E-state index in [0.29, 0.717) is 0 Å². The predicted molar refractivity (Wildman–Crippen MR) is 77.6 cm³/mol. The molecule has 0 bridgehead atoms. The molecule has 0 saturated carbocycles. The number of hydrogen-bond donors (Lipinski definition) is 1. The van der Waals surface area contributed by atoms with Gasteiger partial charge in [-0.1, -0.05) is 24.3 Å². The second-order valence-electron chi connectivity index (χ2n) is 4.42. The van der Waals surface area contributed by atoms with Gasteiger partial charge in [-0.05, 0) is 37.1 Å². The van der Waals surface area contributed by atoms with E-state index in [1.165, 1.54) is 16.0 Å². The van der Waals surface area contributed by atoms with Crippen molar-refractivity contribution >= 4 is 11.8 Å². The molecule has 0 fully saturated rings. The molecule has 1 aromatic heterocycles. The molecule has 0 spiro atoms. The van der Waals surface area contributed by atoms with Gasteiger partial charge < -0.3 is 5.73 Å². The summed E-state index contributed by atoms with van der Waals surface area (Å²) in [5, 5.41) is 0. The first-order valence-corrected chi connectivity index (χ1v) is 7.04. The number of rotatable bonds is 4. The summed E-state index contributed by atoms with van der Waals surface area (Å²) in [6, 6.07) is 12.6. The average Bonchev–Trinajstić information content (AvgIpc) is 2.38. The van der Waals surface area contributed by atoms with Crippen molar-refractivity contribution in [2.45, 2.75) is 30.5 Å². The zero-order chi connectivity index (χ0) is 13.0. The number of hydrogen-bond acceptors (Lipinski definition) is 3. The van der Waals surface area contributed by atoms with Crippen LogP contribution in [0, 0.1) is 6.92 Å². The molecule has 0 amide bonds. The predicted octanol–water partition coefficient (Wildman–Crippen LogP) is 3.70. The lowest BCUT2D eigenvalue weighted by atomic mass is 10.1. The van der Waals surface area contributed by atoms with Crippen LogP contribution >= 0.6 is 11.8 Å². The van der Waals surface area contributed by atoms with E-state index in [1.807, 2.05) is 19.2 Å². The Kier molecular flexibility index (Phi) is 4.39. The zero-order valence-electron chi connectivity index (χ0n) is 10.8. The van der Waals surface area contributed by atoms with Crippen molar-refractivity contribution in [3.8, 4) is 0 Å². The number of pyridine rings is 1. The quantitative estimate of drug-likeness (QED) is 0.850. The Morgan fingerprint density at radius 2 is 2.00 bits per heavy atom. The highest BCUT2D eigenvalue weighted by Crippen LogP contribution is 2.24. The maximum Gasteiger partial charge on any atom is 0.0569 e.